The molecule has 2 heterocycles. The van der Waals surface area contributed by atoms with Crippen molar-refractivity contribution in [2.75, 3.05) is 0 Å². The third kappa shape index (κ3) is 1.97. The van der Waals surface area contributed by atoms with Crippen molar-refractivity contribution in [1.29, 1.82) is 0 Å². The molecule has 96 valence electrons. The van der Waals surface area contributed by atoms with Gasteiger partial charge in [0.1, 0.15) is 16.7 Å². The monoisotopic (exact) mass is 254 g/mol. The third-order valence-electron chi connectivity index (χ3n) is 3.18. The molecule has 2 aromatic heterocycles. The van der Waals surface area contributed by atoms with Gasteiger partial charge in [-0.2, -0.15) is 0 Å². The van der Waals surface area contributed by atoms with Crippen LogP contribution in [0.4, 0.5) is 0 Å². The summed E-state index contributed by atoms with van der Waals surface area (Å²) in [7, 11) is 0. The number of aryl methyl sites for hydroxylation is 3. The smallest absolute Gasteiger partial charge is 0.347 e. The van der Waals surface area contributed by atoms with E-state index in [-0.39, 0.29) is 5.63 Å². The number of rotatable bonds is 1. The van der Waals surface area contributed by atoms with Gasteiger partial charge in [0.05, 0.1) is 6.26 Å². The van der Waals surface area contributed by atoms with Crippen molar-refractivity contribution in [3.8, 4) is 11.3 Å². The molecule has 0 fully saturated rings. The number of benzene rings is 1. The zero-order valence-electron chi connectivity index (χ0n) is 11.1. The summed E-state index contributed by atoms with van der Waals surface area (Å²) >= 11 is 0. The molecule has 0 unspecified atom stereocenters. The molecule has 3 aromatic rings. The maximum absolute atomic E-state index is 12.0. The first-order valence-electron chi connectivity index (χ1n) is 6.15. The predicted molar refractivity (Wildman–Crippen MR) is 74.4 cm³/mol. The minimum Gasteiger partial charge on any atom is -0.464 e. The molecule has 3 nitrogen and oxygen atoms in total. The van der Waals surface area contributed by atoms with Gasteiger partial charge in [0, 0.05) is 17.2 Å². The lowest BCUT2D eigenvalue weighted by Crippen LogP contribution is -2.00. The van der Waals surface area contributed by atoms with E-state index in [1.807, 2.05) is 32.9 Å². The second kappa shape index (κ2) is 4.12. The first-order valence-corrected chi connectivity index (χ1v) is 6.15. The Morgan fingerprint density at radius 3 is 2.32 bits per heavy atom. The van der Waals surface area contributed by atoms with Gasteiger partial charge in [-0.1, -0.05) is 17.2 Å². The number of hydrogen-bond acceptors (Lipinski definition) is 3. The summed E-state index contributed by atoms with van der Waals surface area (Å²) in [6.07, 6.45) is 1.58. The minimum atomic E-state index is -0.349. The summed E-state index contributed by atoms with van der Waals surface area (Å²) in [5.41, 5.74) is 4.18. The zero-order chi connectivity index (χ0) is 13.6. The van der Waals surface area contributed by atoms with Crippen molar-refractivity contribution in [2.45, 2.75) is 20.8 Å². The van der Waals surface area contributed by atoms with Crippen LogP contribution in [0, 0.1) is 20.8 Å². The van der Waals surface area contributed by atoms with Crippen LogP contribution in [0.3, 0.4) is 0 Å². The van der Waals surface area contributed by atoms with E-state index in [1.54, 1.807) is 12.3 Å². The SMILES string of the molecule is Cc1cc(C)cc(-c2cc3occ(C)c3c(=O)o2)c1. The fourth-order valence-electron chi connectivity index (χ4n) is 2.39. The van der Waals surface area contributed by atoms with Gasteiger partial charge < -0.3 is 8.83 Å². The van der Waals surface area contributed by atoms with Gasteiger partial charge in [-0.05, 0) is 32.9 Å². The highest BCUT2D eigenvalue weighted by Crippen LogP contribution is 2.26. The van der Waals surface area contributed by atoms with Crippen LogP contribution in [0.15, 0.2) is 44.2 Å². The Labute approximate surface area is 110 Å². The summed E-state index contributed by atoms with van der Waals surface area (Å²) in [6.45, 7) is 5.87. The third-order valence-corrected chi connectivity index (χ3v) is 3.18. The molecule has 0 saturated carbocycles. The van der Waals surface area contributed by atoms with E-state index in [4.69, 9.17) is 8.83 Å². The Hall–Kier alpha value is -2.29. The van der Waals surface area contributed by atoms with Crippen molar-refractivity contribution in [3.63, 3.8) is 0 Å². The summed E-state index contributed by atoms with van der Waals surface area (Å²) in [5.74, 6) is 0.540. The van der Waals surface area contributed by atoms with E-state index in [1.165, 1.54) is 0 Å². The van der Waals surface area contributed by atoms with Gasteiger partial charge in [-0.15, -0.1) is 0 Å². The summed E-state index contributed by atoms with van der Waals surface area (Å²) in [4.78, 5) is 12.0. The molecular formula is C16H14O3. The van der Waals surface area contributed by atoms with Crippen LogP contribution in [-0.4, -0.2) is 0 Å². The molecule has 0 amide bonds. The van der Waals surface area contributed by atoms with Crippen LogP contribution >= 0.6 is 0 Å². The summed E-state index contributed by atoms with van der Waals surface area (Å²) in [5, 5.41) is 0.521. The molecule has 3 heteroatoms. The van der Waals surface area contributed by atoms with Crippen LogP contribution in [0.5, 0.6) is 0 Å². The van der Waals surface area contributed by atoms with Crippen LogP contribution in [-0.2, 0) is 0 Å². The first-order chi connectivity index (χ1) is 9.04. The quantitative estimate of drug-likeness (QED) is 0.659. The molecule has 0 bridgehead atoms. The van der Waals surface area contributed by atoms with E-state index < -0.39 is 0 Å². The van der Waals surface area contributed by atoms with Crippen molar-refractivity contribution in [2.24, 2.45) is 0 Å². The molecule has 19 heavy (non-hydrogen) atoms. The summed E-state index contributed by atoms with van der Waals surface area (Å²) < 4.78 is 10.8. The second-order valence-electron chi connectivity index (χ2n) is 4.93. The Bertz CT molecular complexity index is 801. The molecule has 3 rings (SSSR count). The number of hydrogen-bond donors (Lipinski definition) is 0. The number of fused-ring (bicyclic) bond motifs is 1. The highest BCUT2D eigenvalue weighted by atomic mass is 16.4. The summed E-state index contributed by atoms with van der Waals surface area (Å²) in [6, 6.07) is 7.84. The van der Waals surface area contributed by atoms with E-state index >= 15 is 0 Å². The van der Waals surface area contributed by atoms with Gasteiger partial charge in [0.15, 0.2) is 0 Å². The largest absolute Gasteiger partial charge is 0.464 e. The van der Waals surface area contributed by atoms with Gasteiger partial charge >= 0.3 is 5.63 Å². The standard InChI is InChI=1S/C16H14O3/c1-9-4-10(2)6-12(5-9)13-7-14-15(16(17)19-13)11(3)8-18-14/h4-8H,1-3H3. The normalized spacial score (nSPS) is 11.1. The lowest BCUT2D eigenvalue weighted by Gasteiger charge is -2.04. The molecule has 1 aromatic carbocycles. The molecule has 0 spiro atoms. The minimum absolute atomic E-state index is 0.349. The average molecular weight is 254 g/mol. The second-order valence-corrected chi connectivity index (χ2v) is 4.93. The maximum Gasteiger partial charge on any atom is 0.347 e. The highest BCUT2D eigenvalue weighted by Gasteiger charge is 2.12. The van der Waals surface area contributed by atoms with Crippen LogP contribution in [0.2, 0.25) is 0 Å². The lowest BCUT2D eigenvalue weighted by atomic mass is 10.1. The molecular weight excluding hydrogens is 240 g/mol. The van der Waals surface area contributed by atoms with Crippen molar-refractivity contribution in [1.82, 2.24) is 0 Å². The highest BCUT2D eigenvalue weighted by molar-refractivity contribution is 5.82. The van der Waals surface area contributed by atoms with Gasteiger partial charge in [-0.25, -0.2) is 4.79 Å². The van der Waals surface area contributed by atoms with Gasteiger partial charge in [0.25, 0.3) is 0 Å². The molecule has 0 aliphatic carbocycles. The van der Waals surface area contributed by atoms with E-state index in [9.17, 15) is 4.79 Å². The Balaban J connectivity index is 2.28. The first kappa shape index (κ1) is 11.8. The molecule has 0 atom stereocenters. The maximum atomic E-state index is 12.0. The zero-order valence-corrected chi connectivity index (χ0v) is 11.1. The Kier molecular flexibility index (Phi) is 2.56. The molecule has 0 aliphatic heterocycles. The fraction of sp³-hybridized carbons (Fsp3) is 0.188. The van der Waals surface area contributed by atoms with Gasteiger partial charge in [-0.3, -0.25) is 0 Å². The van der Waals surface area contributed by atoms with Crippen LogP contribution in [0.25, 0.3) is 22.3 Å². The average Bonchev–Trinajstić information content (AvgIpc) is 2.70. The van der Waals surface area contributed by atoms with E-state index in [0.717, 1.165) is 22.3 Å². The van der Waals surface area contributed by atoms with E-state index in [0.29, 0.717) is 16.7 Å². The number of furan rings is 1. The Morgan fingerprint density at radius 2 is 1.63 bits per heavy atom. The predicted octanol–water partition coefficient (Wildman–Crippen LogP) is 3.98. The van der Waals surface area contributed by atoms with Crippen molar-refractivity contribution in [3.05, 3.63) is 57.6 Å². The topological polar surface area (TPSA) is 43.4 Å². The van der Waals surface area contributed by atoms with E-state index in [2.05, 4.69) is 6.07 Å². The fourth-order valence-corrected chi connectivity index (χ4v) is 2.39. The van der Waals surface area contributed by atoms with Crippen LogP contribution in [0.1, 0.15) is 16.7 Å². The Morgan fingerprint density at radius 1 is 0.947 bits per heavy atom. The van der Waals surface area contributed by atoms with Crippen molar-refractivity contribution < 1.29 is 8.83 Å². The van der Waals surface area contributed by atoms with Gasteiger partial charge in [0.2, 0.25) is 0 Å². The van der Waals surface area contributed by atoms with Crippen LogP contribution < -0.4 is 5.63 Å². The molecule has 0 radical (unpaired) electrons. The molecule has 0 N–H and O–H groups in total. The van der Waals surface area contributed by atoms with Crippen molar-refractivity contribution >= 4 is 11.0 Å². The molecule has 0 aliphatic rings. The molecule has 0 saturated heterocycles. The lowest BCUT2D eigenvalue weighted by molar-refractivity contribution is 0.530.